The molecule has 1 atom stereocenters. The Morgan fingerprint density at radius 1 is 1.20 bits per heavy atom. The third-order valence-corrected chi connectivity index (χ3v) is 6.26. The molecule has 0 saturated carbocycles. The largest absolute Gasteiger partial charge is 0.496 e. The number of thioether (sulfide) groups is 1. The number of carbonyl (C=O) groups is 1. The molecule has 158 valence electrons. The number of hydrogen-bond acceptors (Lipinski definition) is 6. The van der Waals surface area contributed by atoms with E-state index in [1.54, 1.807) is 19.6 Å². The second kappa shape index (κ2) is 9.34. The molecule has 0 aromatic heterocycles. The van der Waals surface area contributed by atoms with E-state index in [1.807, 2.05) is 42.2 Å². The van der Waals surface area contributed by atoms with Crippen molar-refractivity contribution in [2.75, 3.05) is 19.5 Å². The zero-order valence-electron chi connectivity index (χ0n) is 17.1. The fourth-order valence-corrected chi connectivity index (χ4v) is 4.66. The molecule has 0 spiro atoms. The van der Waals surface area contributed by atoms with Crippen LogP contribution in [0.4, 0.5) is 0 Å². The summed E-state index contributed by atoms with van der Waals surface area (Å²) < 4.78 is 22.7. The van der Waals surface area contributed by atoms with Gasteiger partial charge in [0.2, 0.25) is 5.91 Å². The Hall–Kier alpha value is -2.80. The lowest BCUT2D eigenvalue weighted by atomic mass is 10.0. The highest BCUT2D eigenvalue weighted by atomic mass is 32.2. The molecule has 1 aromatic rings. The van der Waals surface area contributed by atoms with Crippen molar-refractivity contribution in [2.24, 2.45) is 0 Å². The summed E-state index contributed by atoms with van der Waals surface area (Å²) in [6.45, 7) is 3.09. The van der Waals surface area contributed by atoms with E-state index in [9.17, 15) is 4.79 Å². The minimum atomic E-state index is -0.219. The summed E-state index contributed by atoms with van der Waals surface area (Å²) in [5.41, 5.74) is 2.02. The Kier molecular flexibility index (Phi) is 6.38. The molecule has 0 radical (unpaired) electrons. The van der Waals surface area contributed by atoms with E-state index in [2.05, 4.69) is 6.08 Å². The zero-order chi connectivity index (χ0) is 20.9. The predicted octanol–water partition coefficient (Wildman–Crippen LogP) is 4.47. The van der Waals surface area contributed by atoms with Gasteiger partial charge in [0.1, 0.15) is 29.4 Å². The van der Waals surface area contributed by atoms with Crippen LogP contribution in [0.2, 0.25) is 0 Å². The van der Waals surface area contributed by atoms with E-state index in [4.69, 9.17) is 18.9 Å². The van der Waals surface area contributed by atoms with E-state index in [0.29, 0.717) is 30.4 Å². The predicted molar refractivity (Wildman–Crippen MR) is 115 cm³/mol. The van der Waals surface area contributed by atoms with Crippen molar-refractivity contribution in [1.29, 1.82) is 0 Å². The molecule has 0 bridgehead atoms. The van der Waals surface area contributed by atoms with Crippen LogP contribution in [0.1, 0.15) is 25.3 Å². The second-order valence-electron chi connectivity index (χ2n) is 6.99. The lowest BCUT2D eigenvalue weighted by Crippen LogP contribution is -2.34. The first-order valence-electron chi connectivity index (χ1n) is 10.00. The van der Waals surface area contributed by atoms with Gasteiger partial charge < -0.3 is 23.8 Å². The lowest BCUT2D eigenvalue weighted by Gasteiger charge is -2.27. The third-order valence-electron chi connectivity index (χ3n) is 5.05. The first kappa shape index (κ1) is 20.5. The van der Waals surface area contributed by atoms with Gasteiger partial charge in [0, 0.05) is 12.1 Å². The van der Waals surface area contributed by atoms with Gasteiger partial charge in [-0.2, -0.15) is 0 Å². The smallest absolute Gasteiger partial charge is 0.234 e. The molecule has 7 heteroatoms. The fourth-order valence-electron chi connectivity index (χ4n) is 3.55. The van der Waals surface area contributed by atoms with Crippen LogP contribution in [0, 0.1) is 0 Å². The first-order valence-corrected chi connectivity index (χ1v) is 11.0. The first-order chi connectivity index (χ1) is 14.7. The Morgan fingerprint density at radius 3 is 2.73 bits per heavy atom. The van der Waals surface area contributed by atoms with Crippen molar-refractivity contribution in [3.63, 3.8) is 0 Å². The lowest BCUT2D eigenvalue weighted by molar-refractivity contribution is -0.128. The third kappa shape index (κ3) is 4.36. The van der Waals surface area contributed by atoms with Crippen LogP contribution in [0.5, 0.6) is 5.75 Å². The number of ether oxygens (including phenoxy) is 4. The average Bonchev–Trinajstić information content (AvgIpc) is 3.15. The topological polar surface area (TPSA) is 57.2 Å². The molecule has 4 rings (SSSR count). The van der Waals surface area contributed by atoms with Gasteiger partial charge in [0.15, 0.2) is 11.5 Å². The molecular formula is C23H25NO5S. The van der Waals surface area contributed by atoms with Crippen molar-refractivity contribution in [1.82, 2.24) is 4.90 Å². The molecule has 1 aromatic carbocycles. The van der Waals surface area contributed by atoms with Gasteiger partial charge in [-0.3, -0.25) is 4.79 Å². The number of benzene rings is 1. The fraction of sp³-hybridized carbons (Fsp3) is 0.348. The number of allylic oxidation sites excluding steroid dienone is 3. The monoisotopic (exact) mass is 427 g/mol. The van der Waals surface area contributed by atoms with Gasteiger partial charge in [0.25, 0.3) is 0 Å². The van der Waals surface area contributed by atoms with E-state index < -0.39 is 0 Å². The van der Waals surface area contributed by atoms with Crippen molar-refractivity contribution in [2.45, 2.75) is 31.7 Å². The van der Waals surface area contributed by atoms with Gasteiger partial charge in [0.05, 0.1) is 19.5 Å². The van der Waals surface area contributed by atoms with Gasteiger partial charge >= 0.3 is 0 Å². The Morgan fingerprint density at radius 2 is 2.03 bits per heavy atom. The highest BCUT2D eigenvalue weighted by Gasteiger charge is 2.36. The summed E-state index contributed by atoms with van der Waals surface area (Å²) in [6.07, 6.45) is 9.01. The molecule has 1 amide bonds. The molecule has 1 unspecified atom stereocenters. The van der Waals surface area contributed by atoms with Crippen LogP contribution in [0.3, 0.4) is 0 Å². The molecule has 1 fully saturated rings. The van der Waals surface area contributed by atoms with Gasteiger partial charge in [-0.25, -0.2) is 0 Å². The molecule has 3 aliphatic rings. The minimum Gasteiger partial charge on any atom is -0.496 e. The Bertz CT molecular complexity index is 916. The van der Waals surface area contributed by atoms with Crippen LogP contribution in [-0.4, -0.2) is 35.7 Å². The van der Waals surface area contributed by atoms with Crippen LogP contribution >= 0.6 is 11.8 Å². The summed E-state index contributed by atoms with van der Waals surface area (Å²) >= 11 is 1.54. The van der Waals surface area contributed by atoms with Crippen molar-refractivity contribution in [3.05, 3.63) is 77.4 Å². The van der Waals surface area contributed by atoms with E-state index in [-0.39, 0.29) is 11.3 Å². The number of amides is 1. The molecule has 6 nitrogen and oxygen atoms in total. The van der Waals surface area contributed by atoms with Gasteiger partial charge in [-0.15, -0.1) is 11.8 Å². The summed E-state index contributed by atoms with van der Waals surface area (Å²) in [5, 5.41) is -0.219. The summed E-state index contributed by atoms with van der Waals surface area (Å²) in [6, 6.07) is 7.82. The number of rotatable bonds is 7. The molecule has 1 aliphatic carbocycles. The quantitative estimate of drug-likeness (QED) is 0.640. The van der Waals surface area contributed by atoms with Crippen LogP contribution in [-0.2, 0) is 25.5 Å². The summed E-state index contributed by atoms with van der Waals surface area (Å²) in [7, 11) is 1.65. The van der Waals surface area contributed by atoms with Crippen LogP contribution in [0.15, 0.2) is 71.8 Å². The summed E-state index contributed by atoms with van der Waals surface area (Å²) in [4.78, 5) is 14.3. The maximum absolute atomic E-state index is 12.5. The average molecular weight is 428 g/mol. The maximum atomic E-state index is 12.5. The van der Waals surface area contributed by atoms with E-state index in [1.165, 1.54) is 11.8 Å². The summed E-state index contributed by atoms with van der Waals surface area (Å²) in [5.74, 6) is 3.38. The van der Waals surface area contributed by atoms with E-state index >= 15 is 0 Å². The normalized spacial score (nSPS) is 21.1. The molecule has 0 N–H and O–H groups in total. The molecule has 2 heterocycles. The van der Waals surface area contributed by atoms with Crippen molar-refractivity contribution < 1.29 is 23.7 Å². The number of nitrogens with zero attached hydrogens (tertiary/aromatic N) is 1. The molecular weight excluding hydrogens is 402 g/mol. The number of methoxy groups -OCH3 is 1. The van der Waals surface area contributed by atoms with Crippen LogP contribution < -0.4 is 4.74 Å². The molecule has 30 heavy (non-hydrogen) atoms. The Labute approximate surface area is 180 Å². The standard InChI is InChI=1S/C23H25NO5S/c1-3-27-17-10-8-16(9-11-17)12-24-22(25)15-30-23(24)21-14-28-20(13-29-21)18-6-4-5-7-19(18)26-2/h5,7-11,13-14,23H,3-4,6,12,15H2,1-2H3. The maximum Gasteiger partial charge on any atom is 0.234 e. The van der Waals surface area contributed by atoms with Crippen LogP contribution in [0.25, 0.3) is 0 Å². The SMILES string of the molecule is CCOc1ccc(CN2C(=O)CSC2C2=COC(C3=C(OC)C=CCC3)=CO2)cc1. The van der Waals surface area contributed by atoms with E-state index in [0.717, 1.165) is 35.5 Å². The second-order valence-corrected chi connectivity index (χ2v) is 8.06. The zero-order valence-corrected chi connectivity index (χ0v) is 17.9. The number of carbonyl (C=O) groups excluding carboxylic acids is 1. The van der Waals surface area contributed by atoms with Crippen molar-refractivity contribution in [3.8, 4) is 5.75 Å². The highest BCUT2D eigenvalue weighted by molar-refractivity contribution is 8.01. The number of hydrogen-bond donors (Lipinski definition) is 0. The Balaban J connectivity index is 1.44. The minimum absolute atomic E-state index is 0.0833. The molecule has 1 saturated heterocycles. The van der Waals surface area contributed by atoms with Crippen molar-refractivity contribution >= 4 is 17.7 Å². The van der Waals surface area contributed by atoms with Gasteiger partial charge in [-0.05, 0) is 43.5 Å². The molecule has 2 aliphatic heterocycles. The van der Waals surface area contributed by atoms with Gasteiger partial charge in [-0.1, -0.05) is 18.2 Å². The highest BCUT2D eigenvalue weighted by Crippen LogP contribution is 2.36.